The number of anilines is 2. The van der Waals surface area contributed by atoms with Crippen molar-refractivity contribution >= 4 is 22.7 Å². The third-order valence-corrected chi connectivity index (χ3v) is 3.36. The molecule has 0 aromatic carbocycles. The van der Waals surface area contributed by atoms with Gasteiger partial charge >= 0.3 is 11.4 Å². The van der Waals surface area contributed by atoms with Crippen LogP contribution >= 0.6 is 0 Å². The average Bonchev–Trinajstić information content (AvgIpc) is 2.52. The Morgan fingerprint density at radius 2 is 1.12 bits per heavy atom. The molecule has 0 aliphatic rings. The molecule has 0 saturated heterocycles. The van der Waals surface area contributed by atoms with Gasteiger partial charge in [-0.3, -0.25) is 20.2 Å². The van der Waals surface area contributed by atoms with Gasteiger partial charge in [0.15, 0.2) is 11.4 Å². The third-order valence-electron chi connectivity index (χ3n) is 3.36. The fourth-order valence-electron chi connectivity index (χ4n) is 2.32. The highest BCUT2D eigenvalue weighted by atomic mass is 16.6. The molecule has 126 valence electrons. The van der Waals surface area contributed by atoms with Gasteiger partial charge in [-0.25, -0.2) is 9.97 Å². The Hall–Kier alpha value is -3.30. The largest absolute Gasteiger partial charge is 0.372 e. The first kappa shape index (κ1) is 17.1. The van der Waals surface area contributed by atoms with Gasteiger partial charge in [0.2, 0.25) is 0 Å². The molecule has 10 nitrogen and oxygen atoms in total. The molecule has 24 heavy (non-hydrogen) atoms. The van der Waals surface area contributed by atoms with Gasteiger partial charge in [0.25, 0.3) is 0 Å². The van der Waals surface area contributed by atoms with Crippen LogP contribution in [-0.4, -0.2) is 48.0 Å². The van der Waals surface area contributed by atoms with Crippen LogP contribution in [0.3, 0.4) is 0 Å². The van der Waals surface area contributed by atoms with Crippen LogP contribution in [0.15, 0.2) is 24.5 Å². The molecule has 0 saturated carbocycles. The summed E-state index contributed by atoms with van der Waals surface area (Å²) in [6.45, 7) is 0. The molecule has 0 fully saturated rings. The molecule has 0 aliphatic heterocycles. The van der Waals surface area contributed by atoms with E-state index in [2.05, 4.69) is 9.97 Å². The quantitative estimate of drug-likeness (QED) is 0.603. The normalized spacial score (nSPS) is 10.3. The highest BCUT2D eigenvalue weighted by Crippen LogP contribution is 2.41. The van der Waals surface area contributed by atoms with E-state index in [1.54, 1.807) is 38.0 Å². The van der Waals surface area contributed by atoms with E-state index >= 15 is 0 Å². The predicted molar refractivity (Wildman–Crippen MR) is 89.4 cm³/mol. The van der Waals surface area contributed by atoms with Crippen LogP contribution in [0.5, 0.6) is 0 Å². The predicted octanol–water partition coefficient (Wildman–Crippen LogP) is 2.09. The second-order valence-corrected chi connectivity index (χ2v) is 5.36. The molecule has 2 aromatic heterocycles. The summed E-state index contributed by atoms with van der Waals surface area (Å²) in [7, 11) is 6.57. The zero-order valence-corrected chi connectivity index (χ0v) is 13.6. The molecule has 10 heteroatoms. The first-order valence-electron chi connectivity index (χ1n) is 6.87. The van der Waals surface area contributed by atoms with Crippen LogP contribution in [0, 0.1) is 20.2 Å². The van der Waals surface area contributed by atoms with Crippen molar-refractivity contribution in [2.75, 3.05) is 38.0 Å². The van der Waals surface area contributed by atoms with Crippen molar-refractivity contribution in [3.05, 3.63) is 44.8 Å². The molecular formula is C14H16N6O4. The monoisotopic (exact) mass is 332 g/mol. The van der Waals surface area contributed by atoms with Crippen LogP contribution in [-0.2, 0) is 0 Å². The molecule has 0 atom stereocenters. The second-order valence-electron chi connectivity index (χ2n) is 5.36. The molecule has 0 radical (unpaired) electrons. The molecule has 0 N–H and O–H groups in total. The topological polar surface area (TPSA) is 119 Å². The van der Waals surface area contributed by atoms with Crippen molar-refractivity contribution in [2.45, 2.75) is 0 Å². The molecule has 0 bridgehead atoms. The van der Waals surface area contributed by atoms with E-state index in [0.29, 0.717) is 0 Å². The Balaban J connectivity index is 2.88. The van der Waals surface area contributed by atoms with E-state index in [1.165, 1.54) is 24.5 Å². The van der Waals surface area contributed by atoms with Crippen molar-refractivity contribution in [1.82, 2.24) is 9.97 Å². The van der Waals surface area contributed by atoms with Crippen molar-refractivity contribution < 1.29 is 9.85 Å². The number of hydrogen-bond donors (Lipinski definition) is 0. The molecule has 0 spiro atoms. The Labute approximate surface area is 137 Å². The zero-order chi connectivity index (χ0) is 18.0. The van der Waals surface area contributed by atoms with Gasteiger partial charge in [-0.05, 0) is 12.1 Å². The molecule has 2 rings (SSSR count). The smallest absolute Gasteiger partial charge is 0.320 e. The highest BCUT2D eigenvalue weighted by Gasteiger charge is 2.32. The minimum absolute atomic E-state index is 0.137. The van der Waals surface area contributed by atoms with Crippen molar-refractivity contribution in [1.29, 1.82) is 0 Å². The number of hydrogen-bond acceptors (Lipinski definition) is 8. The van der Waals surface area contributed by atoms with Crippen LogP contribution < -0.4 is 9.80 Å². The van der Waals surface area contributed by atoms with Gasteiger partial charge in [-0.1, -0.05) is 0 Å². The lowest BCUT2D eigenvalue weighted by Gasteiger charge is -2.16. The van der Waals surface area contributed by atoms with Gasteiger partial charge < -0.3 is 9.80 Å². The highest BCUT2D eigenvalue weighted by molar-refractivity contribution is 5.85. The van der Waals surface area contributed by atoms with Gasteiger partial charge in [-0.2, -0.15) is 0 Å². The Morgan fingerprint density at radius 3 is 1.38 bits per heavy atom. The van der Waals surface area contributed by atoms with Crippen LogP contribution in [0.1, 0.15) is 0 Å². The molecule has 0 unspecified atom stereocenters. The Bertz CT molecular complexity index is 738. The lowest BCUT2D eigenvalue weighted by atomic mass is 10.1. The van der Waals surface area contributed by atoms with Crippen LogP contribution in [0.2, 0.25) is 0 Å². The fourth-order valence-corrected chi connectivity index (χ4v) is 2.32. The van der Waals surface area contributed by atoms with Gasteiger partial charge in [0.05, 0.1) is 9.85 Å². The summed E-state index contributed by atoms with van der Waals surface area (Å²) in [5, 5.41) is 23.1. The average molecular weight is 332 g/mol. The SMILES string of the molecule is CN(C)c1ccnc(-c2nccc(N(C)C)c2[N+](=O)[O-])c1[N+](=O)[O-]. The lowest BCUT2D eigenvalue weighted by molar-refractivity contribution is -0.385. The van der Waals surface area contributed by atoms with Crippen molar-refractivity contribution in [3.63, 3.8) is 0 Å². The van der Waals surface area contributed by atoms with Crippen molar-refractivity contribution in [2.24, 2.45) is 0 Å². The summed E-state index contributed by atoms with van der Waals surface area (Å²) in [6, 6.07) is 2.95. The first-order valence-corrected chi connectivity index (χ1v) is 6.87. The number of aromatic nitrogens is 2. The lowest BCUT2D eigenvalue weighted by Crippen LogP contribution is -2.14. The summed E-state index contributed by atoms with van der Waals surface area (Å²) in [4.78, 5) is 33.0. The number of nitrogens with zero attached hydrogens (tertiary/aromatic N) is 6. The van der Waals surface area contributed by atoms with E-state index in [1.807, 2.05) is 0 Å². The van der Waals surface area contributed by atoms with E-state index in [4.69, 9.17) is 0 Å². The Kier molecular flexibility index (Phi) is 4.58. The second kappa shape index (κ2) is 6.44. The maximum atomic E-state index is 11.6. The minimum Gasteiger partial charge on any atom is -0.372 e. The molecule has 2 aromatic rings. The van der Waals surface area contributed by atoms with E-state index in [-0.39, 0.29) is 34.1 Å². The number of rotatable bonds is 5. The molecule has 0 amide bonds. The van der Waals surface area contributed by atoms with E-state index in [0.717, 1.165) is 0 Å². The summed E-state index contributed by atoms with van der Waals surface area (Å²) < 4.78 is 0. The minimum atomic E-state index is -0.606. The molecular weight excluding hydrogens is 316 g/mol. The van der Waals surface area contributed by atoms with Gasteiger partial charge in [0.1, 0.15) is 11.4 Å². The summed E-state index contributed by atoms with van der Waals surface area (Å²) in [6.07, 6.45) is 2.73. The Morgan fingerprint density at radius 1 is 0.792 bits per heavy atom. The van der Waals surface area contributed by atoms with Crippen LogP contribution in [0.25, 0.3) is 11.4 Å². The first-order chi connectivity index (χ1) is 11.3. The standard InChI is InChI=1S/C14H16N6O4/c1-17(2)9-5-7-15-11(13(9)19(21)22)12-14(20(23)24)10(18(3)4)6-8-16-12/h5-8H,1-4H3. The maximum Gasteiger partial charge on any atom is 0.320 e. The van der Waals surface area contributed by atoms with Crippen molar-refractivity contribution in [3.8, 4) is 11.4 Å². The summed E-state index contributed by atoms with van der Waals surface area (Å²) in [5.74, 6) is 0. The molecule has 2 heterocycles. The van der Waals surface area contributed by atoms with E-state index in [9.17, 15) is 20.2 Å². The van der Waals surface area contributed by atoms with Gasteiger partial charge in [-0.15, -0.1) is 0 Å². The summed E-state index contributed by atoms with van der Waals surface area (Å²) in [5.41, 5.74) is -0.348. The number of nitro groups is 2. The molecule has 0 aliphatic carbocycles. The van der Waals surface area contributed by atoms with E-state index < -0.39 is 9.85 Å². The zero-order valence-electron chi connectivity index (χ0n) is 13.6. The van der Waals surface area contributed by atoms with Crippen LogP contribution in [0.4, 0.5) is 22.7 Å². The number of pyridine rings is 2. The maximum absolute atomic E-state index is 11.6. The summed E-state index contributed by atoms with van der Waals surface area (Å²) >= 11 is 0. The third kappa shape index (κ3) is 2.93. The fraction of sp³-hybridized carbons (Fsp3) is 0.286. The van der Waals surface area contributed by atoms with Gasteiger partial charge in [0, 0.05) is 40.6 Å².